The highest BCUT2D eigenvalue weighted by Gasteiger charge is 2.20. The molecule has 0 radical (unpaired) electrons. The van der Waals surface area contributed by atoms with Gasteiger partial charge in [0.1, 0.15) is 0 Å². The van der Waals surface area contributed by atoms with Crippen LogP contribution in [0, 0.1) is 0 Å². The van der Waals surface area contributed by atoms with Gasteiger partial charge < -0.3 is 4.57 Å². The summed E-state index contributed by atoms with van der Waals surface area (Å²) in [6, 6.07) is 9.45. The molecule has 0 unspecified atom stereocenters. The maximum Gasteiger partial charge on any atom is 0.333 e. The van der Waals surface area contributed by atoms with Crippen LogP contribution in [0.5, 0.6) is 0 Å². The van der Waals surface area contributed by atoms with Crippen LogP contribution in [0.4, 0.5) is 0 Å². The van der Waals surface area contributed by atoms with Gasteiger partial charge in [-0.1, -0.05) is 18.2 Å². The predicted molar refractivity (Wildman–Crippen MR) is 81.1 cm³/mol. The lowest BCUT2D eigenvalue weighted by atomic mass is 10.1. The lowest BCUT2D eigenvalue weighted by molar-refractivity contribution is 0.535. The largest absolute Gasteiger partial charge is 0.349 e. The summed E-state index contributed by atoms with van der Waals surface area (Å²) in [6.45, 7) is 0.909. The Morgan fingerprint density at radius 1 is 1.05 bits per heavy atom. The van der Waals surface area contributed by atoms with Crippen molar-refractivity contribution in [2.45, 2.75) is 25.8 Å². The molecular formula is C16H15N3O2. The average molecular weight is 281 g/mol. The zero-order valence-corrected chi connectivity index (χ0v) is 11.5. The lowest BCUT2D eigenvalue weighted by Gasteiger charge is -2.16. The van der Waals surface area contributed by atoms with Crippen LogP contribution in [0.25, 0.3) is 16.6 Å². The molecule has 3 aromatic rings. The van der Waals surface area contributed by atoms with Gasteiger partial charge in [0.2, 0.25) is 0 Å². The second kappa shape index (κ2) is 4.48. The summed E-state index contributed by atoms with van der Waals surface area (Å²) in [5.41, 5.74) is 1.95. The van der Waals surface area contributed by atoms with E-state index in [4.69, 9.17) is 0 Å². The lowest BCUT2D eigenvalue weighted by Crippen LogP contribution is -2.29. The van der Waals surface area contributed by atoms with E-state index in [1.54, 1.807) is 4.57 Å². The van der Waals surface area contributed by atoms with Crippen LogP contribution >= 0.6 is 0 Å². The van der Waals surface area contributed by atoms with Crippen molar-refractivity contribution >= 4 is 10.9 Å². The van der Waals surface area contributed by atoms with E-state index in [0.717, 1.165) is 42.7 Å². The Labute approximate surface area is 120 Å². The highest BCUT2D eigenvalue weighted by atomic mass is 16.2. The molecule has 5 nitrogen and oxygen atoms in total. The predicted octanol–water partition coefficient (Wildman–Crippen LogP) is 1.82. The third-order valence-corrected chi connectivity index (χ3v) is 4.13. The number of fused-ring (bicyclic) bond motifs is 3. The molecule has 2 aromatic heterocycles. The van der Waals surface area contributed by atoms with E-state index in [1.165, 1.54) is 0 Å². The summed E-state index contributed by atoms with van der Waals surface area (Å²) in [4.78, 5) is 26.9. The molecule has 0 bridgehead atoms. The number of nitrogens with one attached hydrogen (secondary N) is 1. The molecule has 0 aliphatic carbocycles. The van der Waals surface area contributed by atoms with Crippen molar-refractivity contribution in [1.82, 2.24) is 14.1 Å². The third kappa shape index (κ3) is 1.77. The Balaban J connectivity index is 2.18. The van der Waals surface area contributed by atoms with Crippen molar-refractivity contribution in [3.63, 3.8) is 0 Å². The number of aromatic amines is 1. The number of H-pyrrole nitrogens is 1. The highest BCUT2D eigenvalue weighted by molar-refractivity contribution is 5.83. The zero-order valence-electron chi connectivity index (χ0n) is 11.5. The van der Waals surface area contributed by atoms with E-state index in [-0.39, 0.29) is 11.2 Å². The molecule has 106 valence electrons. The summed E-state index contributed by atoms with van der Waals surface area (Å²) in [5, 5.41) is 0.593. The maximum absolute atomic E-state index is 12.3. The number of nitrogens with zero attached hydrogens (tertiary/aromatic N) is 2. The van der Waals surface area contributed by atoms with Crippen molar-refractivity contribution < 1.29 is 0 Å². The van der Waals surface area contributed by atoms with E-state index in [0.29, 0.717) is 5.39 Å². The smallest absolute Gasteiger partial charge is 0.333 e. The molecule has 1 N–H and O–H groups in total. The van der Waals surface area contributed by atoms with Crippen molar-refractivity contribution in [1.29, 1.82) is 0 Å². The summed E-state index contributed by atoms with van der Waals surface area (Å²) >= 11 is 0. The van der Waals surface area contributed by atoms with E-state index < -0.39 is 0 Å². The monoisotopic (exact) mass is 281 g/mol. The van der Waals surface area contributed by atoms with E-state index in [1.807, 2.05) is 36.5 Å². The number of para-hydroxylation sites is 1. The van der Waals surface area contributed by atoms with Gasteiger partial charge in [0, 0.05) is 18.4 Å². The molecule has 0 saturated carbocycles. The van der Waals surface area contributed by atoms with Gasteiger partial charge in [-0.3, -0.25) is 14.3 Å². The SMILES string of the molecule is O=c1[nH]c(=O)n(-c2ccccc2)c2c3n(cc12)CCCC3. The first-order valence-electron chi connectivity index (χ1n) is 7.18. The minimum atomic E-state index is -0.377. The van der Waals surface area contributed by atoms with Gasteiger partial charge in [-0.25, -0.2) is 4.79 Å². The van der Waals surface area contributed by atoms with Gasteiger partial charge in [0.15, 0.2) is 0 Å². The molecule has 0 fully saturated rings. The first-order valence-corrected chi connectivity index (χ1v) is 7.18. The second-order valence-corrected chi connectivity index (χ2v) is 5.42. The van der Waals surface area contributed by atoms with Crippen molar-refractivity contribution in [2.24, 2.45) is 0 Å². The molecule has 1 aromatic carbocycles. The Bertz CT molecular complexity index is 932. The first-order chi connectivity index (χ1) is 10.3. The minimum Gasteiger partial charge on any atom is -0.349 e. The van der Waals surface area contributed by atoms with Gasteiger partial charge in [-0.05, 0) is 31.4 Å². The fourth-order valence-electron chi connectivity index (χ4n) is 3.18. The molecular weight excluding hydrogens is 266 g/mol. The van der Waals surface area contributed by atoms with Gasteiger partial charge in [-0.2, -0.15) is 0 Å². The van der Waals surface area contributed by atoms with Crippen molar-refractivity contribution in [3.05, 3.63) is 63.1 Å². The van der Waals surface area contributed by atoms with Crippen LogP contribution in [-0.4, -0.2) is 14.1 Å². The molecule has 0 atom stereocenters. The van der Waals surface area contributed by atoms with Crippen LogP contribution in [-0.2, 0) is 13.0 Å². The Morgan fingerprint density at radius 2 is 1.86 bits per heavy atom. The number of benzene rings is 1. The number of hydrogen-bond donors (Lipinski definition) is 1. The molecule has 3 heterocycles. The van der Waals surface area contributed by atoms with Crippen LogP contribution in [0.3, 0.4) is 0 Å². The average Bonchev–Trinajstić information content (AvgIpc) is 2.89. The summed E-state index contributed by atoms with van der Waals surface area (Å²) in [7, 11) is 0. The van der Waals surface area contributed by atoms with Crippen molar-refractivity contribution in [3.8, 4) is 5.69 Å². The quantitative estimate of drug-likeness (QED) is 0.739. The zero-order chi connectivity index (χ0) is 14.4. The molecule has 1 aliphatic heterocycles. The number of aryl methyl sites for hydroxylation is 2. The van der Waals surface area contributed by atoms with E-state index in [2.05, 4.69) is 9.55 Å². The molecule has 0 saturated heterocycles. The van der Waals surface area contributed by atoms with Crippen LogP contribution in [0.15, 0.2) is 46.1 Å². The van der Waals surface area contributed by atoms with E-state index in [9.17, 15) is 9.59 Å². The Hall–Kier alpha value is -2.56. The standard InChI is InChI=1S/C16H15N3O2/c20-15-12-10-18-9-5-4-8-13(18)14(12)19(16(21)17-15)11-6-2-1-3-7-11/h1-3,6-7,10H,4-5,8-9H2,(H,17,20,21). The Morgan fingerprint density at radius 3 is 2.67 bits per heavy atom. The fraction of sp³-hybridized carbons (Fsp3) is 0.250. The summed E-state index contributed by atoms with van der Waals surface area (Å²) in [6.07, 6.45) is 4.98. The number of aromatic nitrogens is 3. The third-order valence-electron chi connectivity index (χ3n) is 4.13. The van der Waals surface area contributed by atoms with E-state index >= 15 is 0 Å². The highest BCUT2D eigenvalue weighted by Crippen LogP contribution is 2.25. The van der Waals surface area contributed by atoms with Gasteiger partial charge >= 0.3 is 5.69 Å². The maximum atomic E-state index is 12.3. The van der Waals surface area contributed by atoms with Crippen LogP contribution < -0.4 is 11.2 Å². The van der Waals surface area contributed by atoms with Gasteiger partial charge in [0.25, 0.3) is 5.56 Å². The second-order valence-electron chi connectivity index (χ2n) is 5.42. The normalized spacial score (nSPS) is 14.3. The minimum absolute atomic E-state index is 0.302. The van der Waals surface area contributed by atoms with Crippen LogP contribution in [0.2, 0.25) is 0 Å². The fourth-order valence-corrected chi connectivity index (χ4v) is 3.18. The molecule has 4 rings (SSSR count). The molecule has 0 amide bonds. The first kappa shape index (κ1) is 12.2. The number of rotatable bonds is 1. The topological polar surface area (TPSA) is 59.8 Å². The number of hydrogen-bond acceptors (Lipinski definition) is 2. The van der Waals surface area contributed by atoms with Gasteiger partial charge in [0.05, 0.1) is 16.6 Å². The summed E-state index contributed by atoms with van der Waals surface area (Å²) < 4.78 is 3.73. The Kier molecular flexibility index (Phi) is 2.60. The molecule has 21 heavy (non-hydrogen) atoms. The molecule has 1 aliphatic rings. The molecule has 5 heteroatoms. The summed E-state index contributed by atoms with van der Waals surface area (Å²) in [5.74, 6) is 0. The van der Waals surface area contributed by atoms with Crippen molar-refractivity contribution in [2.75, 3.05) is 0 Å². The van der Waals surface area contributed by atoms with Gasteiger partial charge in [-0.15, -0.1) is 0 Å². The van der Waals surface area contributed by atoms with Crippen LogP contribution in [0.1, 0.15) is 18.5 Å². The molecule has 0 spiro atoms.